The summed E-state index contributed by atoms with van der Waals surface area (Å²) in [5, 5.41) is 5.86. The van der Waals surface area contributed by atoms with E-state index in [2.05, 4.69) is 22.6 Å². The first-order chi connectivity index (χ1) is 11.7. The second-order valence-electron chi connectivity index (χ2n) is 6.63. The van der Waals surface area contributed by atoms with Gasteiger partial charge in [-0.15, -0.1) is 0 Å². The molecule has 2 N–H and O–H groups in total. The van der Waals surface area contributed by atoms with Crippen LogP contribution in [0.2, 0.25) is 0 Å². The first-order valence-corrected chi connectivity index (χ1v) is 8.79. The summed E-state index contributed by atoms with van der Waals surface area (Å²) in [6.45, 7) is 3.59. The van der Waals surface area contributed by atoms with Crippen LogP contribution in [-0.2, 0) is 4.74 Å². The summed E-state index contributed by atoms with van der Waals surface area (Å²) in [4.78, 5) is 14.3. The van der Waals surface area contributed by atoms with Crippen LogP contribution in [0.4, 0.5) is 10.5 Å². The maximum atomic E-state index is 12.0. The van der Waals surface area contributed by atoms with Gasteiger partial charge in [-0.25, -0.2) is 4.79 Å². The fraction of sp³-hybridized carbons (Fsp3) is 0.611. The molecular formula is C18H27N3O3. The molecule has 1 aromatic carbocycles. The first kappa shape index (κ1) is 17.0. The van der Waals surface area contributed by atoms with E-state index in [1.807, 2.05) is 24.3 Å². The van der Waals surface area contributed by atoms with Crippen molar-refractivity contribution in [1.82, 2.24) is 10.2 Å². The van der Waals surface area contributed by atoms with Crippen LogP contribution in [0, 0.1) is 0 Å². The van der Waals surface area contributed by atoms with Gasteiger partial charge in [0.05, 0.1) is 0 Å². The van der Waals surface area contributed by atoms with Crippen molar-refractivity contribution in [2.24, 2.45) is 0 Å². The monoisotopic (exact) mass is 333 g/mol. The highest BCUT2D eigenvalue weighted by Crippen LogP contribution is 2.20. The zero-order valence-electron chi connectivity index (χ0n) is 14.3. The van der Waals surface area contributed by atoms with E-state index >= 15 is 0 Å². The molecule has 0 aromatic heterocycles. The van der Waals surface area contributed by atoms with Crippen molar-refractivity contribution in [3.8, 4) is 5.75 Å². The Morgan fingerprint density at radius 2 is 1.79 bits per heavy atom. The molecule has 0 aliphatic carbocycles. The topological polar surface area (TPSA) is 62.8 Å². The molecule has 3 rings (SSSR count). The van der Waals surface area contributed by atoms with Crippen LogP contribution in [0.15, 0.2) is 24.3 Å². The molecular weight excluding hydrogens is 306 g/mol. The molecule has 0 radical (unpaired) electrons. The number of anilines is 1. The number of carbonyl (C=O) groups is 1. The normalized spacial score (nSPS) is 20.5. The lowest BCUT2D eigenvalue weighted by atomic mass is 10.1. The van der Waals surface area contributed by atoms with Crippen molar-refractivity contribution in [2.45, 2.75) is 37.8 Å². The van der Waals surface area contributed by atoms with Gasteiger partial charge in [0, 0.05) is 38.0 Å². The van der Waals surface area contributed by atoms with Gasteiger partial charge >= 0.3 is 6.03 Å². The number of carbonyl (C=O) groups excluding carboxylic acids is 1. The van der Waals surface area contributed by atoms with Crippen molar-refractivity contribution < 1.29 is 14.3 Å². The second kappa shape index (κ2) is 8.35. The highest BCUT2D eigenvalue weighted by atomic mass is 16.5. The highest BCUT2D eigenvalue weighted by molar-refractivity contribution is 5.89. The molecule has 2 heterocycles. The minimum atomic E-state index is -0.161. The molecule has 0 spiro atoms. The molecule has 1 aromatic rings. The molecule has 2 amide bonds. The molecule has 0 atom stereocenters. The van der Waals surface area contributed by atoms with E-state index in [-0.39, 0.29) is 18.2 Å². The Bertz CT molecular complexity index is 521. The molecule has 0 saturated carbocycles. The maximum absolute atomic E-state index is 12.0. The largest absolute Gasteiger partial charge is 0.490 e. The van der Waals surface area contributed by atoms with Crippen LogP contribution in [0.3, 0.4) is 0 Å². The third-order valence-electron chi connectivity index (χ3n) is 4.64. The number of ether oxygens (including phenoxy) is 2. The number of piperidine rings is 1. The zero-order chi connectivity index (χ0) is 16.8. The Balaban J connectivity index is 1.44. The Morgan fingerprint density at radius 3 is 2.46 bits per heavy atom. The number of likely N-dealkylation sites (tertiary alicyclic amines) is 1. The minimum absolute atomic E-state index is 0.161. The van der Waals surface area contributed by atoms with Gasteiger partial charge in [0.25, 0.3) is 0 Å². The van der Waals surface area contributed by atoms with Crippen LogP contribution in [-0.4, -0.2) is 56.4 Å². The second-order valence-corrected chi connectivity index (χ2v) is 6.63. The first-order valence-electron chi connectivity index (χ1n) is 8.79. The van der Waals surface area contributed by atoms with Crippen LogP contribution < -0.4 is 15.4 Å². The van der Waals surface area contributed by atoms with Gasteiger partial charge in [0.1, 0.15) is 11.9 Å². The lowest BCUT2D eigenvalue weighted by Gasteiger charge is -2.29. The smallest absolute Gasteiger partial charge is 0.319 e. The fourth-order valence-electron chi connectivity index (χ4n) is 3.11. The average Bonchev–Trinajstić information content (AvgIpc) is 2.59. The van der Waals surface area contributed by atoms with Crippen LogP contribution in [0.5, 0.6) is 5.75 Å². The zero-order valence-corrected chi connectivity index (χ0v) is 14.3. The average molecular weight is 333 g/mol. The molecule has 0 unspecified atom stereocenters. The van der Waals surface area contributed by atoms with Crippen LogP contribution >= 0.6 is 0 Å². The molecule has 2 aliphatic heterocycles. The standard InChI is InChI=1S/C18H27N3O3/c1-21-10-6-17(7-11-21)24-16-4-2-14(3-5-16)19-18(22)20-15-8-12-23-13-9-15/h2-5,15,17H,6-13H2,1H3,(H2,19,20,22). The van der Waals surface area contributed by atoms with Gasteiger partial charge in [-0.2, -0.15) is 0 Å². The van der Waals surface area contributed by atoms with Crippen molar-refractivity contribution >= 4 is 11.7 Å². The van der Waals surface area contributed by atoms with E-state index in [0.717, 1.165) is 50.2 Å². The van der Waals surface area contributed by atoms with E-state index in [0.29, 0.717) is 13.2 Å². The van der Waals surface area contributed by atoms with Gasteiger partial charge in [-0.1, -0.05) is 0 Å². The molecule has 6 heteroatoms. The molecule has 132 valence electrons. The fourth-order valence-corrected chi connectivity index (χ4v) is 3.11. The number of nitrogens with zero attached hydrogens (tertiary/aromatic N) is 1. The maximum Gasteiger partial charge on any atom is 0.319 e. The summed E-state index contributed by atoms with van der Waals surface area (Å²) in [6, 6.07) is 7.64. The van der Waals surface area contributed by atoms with Crippen LogP contribution in [0.25, 0.3) is 0 Å². The van der Waals surface area contributed by atoms with Gasteiger partial charge in [-0.3, -0.25) is 0 Å². The van der Waals surface area contributed by atoms with Gasteiger partial charge < -0.3 is 25.0 Å². The summed E-state index contributed by atoms with van der Waals surface area (Å²) in [5.41, 5.74) is 0.773. The Morgan fingerprint density at radius 1 is 1.12 bits per heavy atom. The molecule has 24 heavy (non-hydrogen) atoms. The van der Waals surface area contributed by atoms with Gasteiger partial charge in [-0.05, 0) is 57.0 Å². The predicted molar refractivity (Wildman–Crippen MR) is 93.6 cm³/mol. The SMILES string of the molecule is CN1CCC(Oc2ccc(NC(=O)NC3CCOCC3)cc2)CC1. The summed E-state index contributed by atoms with van der Waals surface area (Å²) < 4.78 is 11.3. The molecule has 2 saturated heterocycles. The van der Waals surface area contributed by atoms with E-state index < -0.39 is 0 Å². The summed E-state index contributed by atoms with van der Waals surface area (Å²) in [7, 11) is 2.14. The third-order valence-corrected chi connectivity index (χ3v) is 4.64. The van der Waals surface area contributed by atoms with Crippen molar-refractivity contribution in [1.29, 1.82) is 0 Å². The summed E-state index contributed by atoms with van der Waals surface area (Å²) in [5.74, 6) is 0.861. The Labute approximate surface area is 143 Å². The number of benzene rings is 1. The minimum Gasteiger partial charge on any atom is -0.490 e. The lowest BCUT2D eigenvalue weighted by molar-refractivity contribution is 0.0806. The number of hydrogen-bond acceptors (Lipinski definition) is 4. The molecule has 0 bridgehead atoms. The number of amides is 2. The summed E-state index contributed by atoms with van der Waals surface area (Å²) in [6.07, 6.45) is 4.15. The van der Waals surface area contributed by atoms with E-state index in [9.17, 15) is 4.79 Å². The number of nitrogens with one attached hydrogen (secondary N) is 2. The number of rotatable bonds is 4. The van der Waals surface area contributed by atoms with Crippen molar-refractivity contribution in [3.63, 3.8) is 0 Å². The van der Waals surface area contributed by atoms with E-state index in [4.69, 9.17) is 9.47 Å². The Kier molecular flexibility index (Phi) is 5.93. The Hall–Kier alpha value is -1.79. The van der Waals surface area contributed by atoms with E-state index in [1.54, 1.807) is 0 Å². The lowest BCUT2D eigenvalue weighted by Crippen LogP contribution is -2.41. The molecule has 6 nitrogen and oxygen atoms in total. The molecule has 2 fully saturated rings. The van der Waals surface area contributed by atoms with Crippen molar-refractivity contribution in [3.05, 3.63) is 24.3 Å². The predicted octanol–water partition coefficient (Wildman–Crippen LogP) is 2.46. The van der Waals surface area contributed by atoms with E-state index in [1.165, 1.54) is 0 Å². The highest BCUT2D eigenvalue weighted by Gasteiger charge is 2.18. The summed E-state index contributed by atoms with van der Waals surface area (Å²) >= 11 is 0. The van der Waals surface area contributed by atoms with Gasteiger partial charge in [0.2, 0.25) is 0 Å². The van der Waals surface area contributed by atoms with Crippen LogP contribution in [0.1, 0.15) is 25.7 Å². The number of urea groups is 1. The molecule has 2 aliphatic rings. The van der Waals surface area contributed by atoms with Crippen molar-refractivity contribution in [2.75, 3.05) is 38.7 Å². The third kappa shape index (κ3) is 5.11. The number of hydrogen-bond donors (Lipinski definition) is 2. The quantitative estimate of drug-likeness (QED) is 0.888. The van der Waals surface area contributed by atoms with Gasteiger partial charge in [0.15, 0.2) is 0 Å².